The van der Waals surface area contributed by atoms with Crippen LogP contribution in [0.3, 0.4) is 0 Å². The van der Waals surface area contributed by atoms with Crippen LogP contribution in [0.15, 0.2) is 0 Å². The summed E-state index contributed by atoms with van der Waals surface area (Å²) in [6.07, 6.45) is 14.3. The Balaban J connectivity index is 3.46. The molecule has 0 rings (SSSR count). The van der Waals surface area contributed by atoms with Crippen molar-refractivity contribution in [3.63, 3.8) is 0 Å². The summed E-state index contributed by atoms with van der Waals surface area (Å²) in [5, 5.41) is 0. The molecule has 0 amide bonds. The Morgan fingerprint density at radius 2 is 1.11 bits per heavy atom. The predicted octanol–water partition coefficient (Wildman–Crippen LogP) is 6.84. The topological polar surface area (TPSA) is 0 Å². The summed E-state index contributed by atoms with van der Waals surface area (Å²) in [5.41, 5.74) is 0. The van der Waals surface area contributed by atoms with Crippen molar-refractivity contribution in [2.75, 3.05) is 0 Å². The van der Waals surface area contributed by atoms with Crippen molar-refractivity contribution in [3.8, 4) is 0 Å². The third-order valence-electron chi connectivity index (χ3n) is 4.79. The largest absolute Gasteiger partial charge is 0.0654 e. The first-order valence-corrected chi connectivity index (χ1v) is 8.61. The summed E-state index contributed by atoms with van der Waals surface area (Å²) in [4.78, 5) is 0. The molecule has 0 aliphatic carbocycles. The third kappa shape index (κ3) is 9.97. The lowest BCUT2D eigenvalue weighted by Crippen LogP contribution is -2.08. The molecule has 0 radical (unpaired) electrons. The summed E-state index contributed by atoms with van der Waals surface area (Å²) in [6.45, 7) is 11.9. The number of rotatable bonds is 12. The minimum Gasteiger partial charge on any atom is -0.0654 e. The Bertz CT molecular complexity index is 161. The van der Waals surface area contributed by atoms with Gasteiger partial charge in [0.05, 0.1) is 0 Å². The third-order valence-corrected chi connectivity index (χ3v) is 4.79. The quantitative estimate of drug-likeness (QED) is 0.335. The Morgan fingerprint density at radius 3 is 1.61 bits per heavy atom. The van der Waals surface area contributed by atoms with Crippen molar-refractivity contribution >= 4 is 0 Å². The Labute approximate surface area is 117 Å². The van der Waals surface area contributed by atoms with E-state index < -0.39 is 0 Å². The molecule has 110 valence electrons. The summed E-state index contributed by atoms with van der Waals surface area (Å²) in [6, 6.07) is 0. The van der Waals surface area contributed by atoms with Crippen molar-refractivity contribution in [2.45, 2.75) is 98.8 Å². The molecule has 0 aromatic carbocycles. The van der Waals surface area contributed by atoms with Gasteiger partial charge in [0.1, 0.15) is 0 Å². The lowest BCUT2D eigenvalue weighted by atomic mass is 9.86. The number of unbranched alkanes of at least 4 members (excludes halogenated alkanes) is 4. The van der Waals surface area contributed by atoms with Gasteiger partial charge in [-0.25, -0.2) is 0 Å². The molecule has 0 bridgehead atoms. The summed E-state index contributed by atoms with van der Waals surface area (Å²) >= 11 is 0. The second kappa shape index (κ2) is 12.1. The van der Waals surface area contributed by atoms with Crippen LogP contribution in [-0.2, 0) is 0 Å². The smallest absolute Gasteiger partial charge is 0.0417 e. The highest BCUT2D eigenvalue weighted by Crippen LogP contribution is 2.24. The molecule has 0 aromatic heterocycles. The van der Waals surface area contributed by atoms with Gasteiger partial charge < -0.3 is 0 Å². The highest BCUT2D eigenvalue weighted by atomic mass is 14.2. The molecule has 18 heavy (non-hydrogen) atoms. The minimum absolute atomic E-state index is 0.934. The van der Waals surface area contributed by atoms with Crippen LogP contribution in [0, 0.1) is 17.8 Å². The summed E-state index contributed by atoms with van der Waals surface area (Å²) in [5.74, 6) is 2.81. The average Bonchev–Trinajstić information content (AvgIpc) is 2.38. The first-order chi connectivity index (χ1) is 8.61. The van der Waals surface area contributed by atoms with E-state index in [2.05, 4.69) is 34.6 Å². The van der Waals surface area contributed by atoms with E-state index in [1.54, 1.807) is 0 Å². The molecule has 0 nitrogen and oxygen atoms in total. The summed E-state index contributed by atoms with van der Waals surface area (Å²) < 4.78 is 0. The Morgan fingerprint density at radius 1 is 0.611 bits per heavy atom. The van der Waals surface area contributed by atoms with Gasteiger partial charge in [-0.2, -0.15) is 0 Å². The zero-order chi connectivity index (χ0) is 13.8. The molecule has 0 heteroatoms. The molecule has 3 atom stereocenters. The SMILES string of the molecule is CCCCCCC(C)C(C)CCCCC(C)CC. The van der Waals surface area contributed by atoms with Crippen LogP contribution in [0.4, 0.5) is 0 Å². The zero-order valence-electron chi connectivity index (χ0n) is 13.8. The number of hydrogen-bond acceptors (Lipinski definition) is 0. The molecule has 0 saturated carbocycles. The fourth-order valence-electron chi connectivity index (χ4n) is 2.63. The van der Waals surface area contributed by atoms with E-state index in [4.69, 9.17) is 0 Å². The van der Waals surface area contributed by atoms with Gasteiger partial charge in [-0.3, -0.25) is 0 Å². The maximum atomic E-state index is 2.47. The molecule has 0 aromatic rings. The van der Waals surface area contributed by atoms with Crippen molar-refractivity contribution in [3.05, 3.63) is 0 Å². The average molecular weight is 255 g/mol. The highest BCUT2D eigenvalue weighted by Gasteiger charge is 2.11. The van der Waals surface area contributed by atoms with Crippen molar-refractivity contribution in [1.82, 2.24) is 0 Å². The molecule has 0 heterocycles. The molecule has 0 N–H and O–H groups in total. The molecule has 0 aliphatic rings. The lowest BCUT2D eigenvalue weighted by Gasteiger charge is -2.20. The second-order valence-corrected chi connectivity index (χ2v) is 6.60. The van der Waals surface area contributed by atoms with Gasteiger partial charge in [0.2, 0.25) is 0 Å². The van der Waals surface area contributed by atoms with Gasteiger partial charge in [0, 0.05) is 0 Å². The Hall–Kier alpha value is 0. The van der Waals surface area contributed by atoms with Crippen molar-refractivity contribution in [2.24, 2.45) is 17.8 Å². The van der Waals surface area contributed by atoms with E-state index in [0.29, 0.717) is 0 Å². The van der Waals surface area contributed by atoms with Crippen LogP contribution in [0.1, 0.15) is 98.8 Å². The molecule has 0 aliphatic heterocycles. The molecular formula is C18H38. The fourth-order valence-corrected chi connectivity index (χ4v) is 2.63. The molecule has 0 saturated heterocycles. The van der Waals surface area contributed by atoms with Gasteiger partial charge in [-0.15, -0.1) is 0 Å². The van der Waals surface area contributed by atoms with Gasteiger partial charge in [0.25, 0.3) is 0 Å². The van der Waals surface area contributed by atoms with Crippen LogP contribution in [-0.4, -0.2) is 0 Å². The molecule has 3 unspecified atom stereocenters. The van der Waals surface area contributed by atoms with Gasteiger partial charge in [0.15, 0.2) is 0 Å². The molecular weight excluding hydrogens is 216 g/mol. The van der Waals surface area contributed by atoms with Crippen LogP contribution in [0.5, 0.6) is 0 Å². The number of hydrogen-bond donors (Lipinski definition) is 0. The first kappa shape index (κ1) is 18.0. The zero-order valence-corrected chi connectivity index (χ0v) is 13.8. The van der Waals surface area contributed by atoms with Crippen LogP contribution in [0.2, 0.25) is 0 Å². The van der Waals surface area contributed by atoms with E-state index in [-0.39, 0.29) is 0 Å². The first-order valence-electron chi connectivity index (χ1n) is 8.61. The van der Waals surface area contributed by atoms with Crippen LogP contribution in [0.25, 0.3) is 0 Å². The van der Waals surface area contributed by atoms with E-state index in [0.717, 1.165) is 17.8 Å². The molecule has 0 spiro atoms. The monoisotopic (exact) mass is 254 g/mol. The van der Waals surface area contributed by atoms with Crippen LogP contribution < -0.4 is 0 Å². The summed E-state index contributed by atoms with van der Waals surface area (Å²) in [7, 11) is 0. The van der Waals surface area contributed by atoms with Gasteiger partial charge in [-0.05, 0) is 17.8 Å². The van der Waals surface area contributed by atoms with E-state index in [9.17, 15) is 0 Å². The maximum Gasteiger partial charge on any atom is -0.0417 e. The normalized spacial score (nSPS) is 16.5. The van der Waals surface area contributed by atoms with E-state index in [1.165, 1.54) is 64.2 Å². The van der Waals surface area contributed by atoms with Crippen LogP contribution >= 0.6 is 0 Å². The van der Waals surface area contributed by atoms with Gasteiger partial charge in [-0.1, -0.05) is 98.8 Å². The minimum atomic E-state index is 0.934. The Kier molecular flexibility index (Phi) is 12.1. The standard InChI is InChI=1S/C18H38/c1-6-8-9-10-14-17(4)18(5)15-12-11-13-16(3)7-2/h16-18H,6-15H2,1-5H3. The van der Waals surface area contributed by atoms with E-state index >= 15 is 0 Å². The lowest BCUT2D eigenvalue weighted by molar-refractivity contribution is 0.319. The van der Waals surface area contributed by atoms with Gasteiger partial charge >= 0.3 is 0 Å². The maximum absolute atomic E-state index is 2.47. The van der Waals surface area contributed by atoms with E-state index in [1.807, 2.05) is 0 Å². The highest BCUT2D eigenvalue weighted by molar-refractivity contribution is 4.63. The van der Waals surface area contributed by atoms with Crippen molar-refractivity contribution in [1.29, 1.82) is 0 Å². The second-order valence-electron chi connectivity index (χ2n) is 6.60. The fraction of sp³-hybridized carbons (Fsp3) is 1.00. The van der Waals surface area contributed by atoms with Crippen molar-refractivity contribution < 1.29 is 0 Å². The molecule has 0 fully saturated rings. The predicted molar refractivity (Wildman–Crippen MR) is 85.0 cm³/mol.